The molecule has 0 atom stereocenters. The van der Waals surface area contributed by atoms with Crippen LogP contribution in [-0.2, 0) is 4.74 Å². The van der Waals surface area contributed by atoms with E-state index in [0.29, 0.717) is 19.1 Å². The lowest BCUT2D eigenvalue weighted by Crippen LogP contribution is -2.33. The summed E-state index contributed by atoms with van der Waals surface area (Å²) in [6.45, 7) is 2.12. The van der Waals surface area contributed by atoms with Crippen LogP contribution in [0.3, 0.4) is 0 Å². The van der Waals surface area contributed by atoms with Gasteiger partial charge in [0.2, 0.25) is 0 Å². The van der Waals surface area contributed by atoms with Crippen molar-refractivity contribution >= 4 is 5.96 Å². The molecule has 4 nitrogen and oxygen atoms in total. The zero-order chi connectivity index (χ0) is 12.3. The van der Waals surface area contributed by atoms with Crippen molar-refractivity contribution in [2.75, 3.05) is 26.8 Å². The second-order valence-electron chi connectivity index (χ2n) is 4.40. The molecular weight excluding hydrogens is 214 g/mol. The Balaban J connectivity index is 2.13. The van der Waals surface area contributed by atoms with Crippen LogP contribution in [0.2, 0.25) is 0 Å². The first kappa shape index (κ1) is 14.0. The fraction of sp³-hybridized carbons (Fsp3) is 0.769. The molecule has 0 spiro atoms. The van der Waals surface area contributed by atoms with Gasteiger partial charge in [-0.3, -0.25) is 4.99 Å². The maximum atomic E-state index is 5.72. The zero-order valence-electron chi connectivity index (χ0n) is 10.9. The van der Waals surface area contributed by atoms with Crippen LogP contribution in [0.4, 0.5) is 0 Å². The number of nitrogens with one attached hydrogen (secondary N) is 1. The SMILES string of the molecule is COCCN=C(N)NCCC1=CCCCCC1. The Morgan fingerprint density at radius 2 is 2.35 bits per heavy atom. The van der Waals surface area contributed by atoms with Gasteiger partial charge in [0.1, 0.15) is 0 Å². The third kappa shape index (κ3) is 7.00. The Kier molecular flexibility index (Phi) is 7.47. The van der Waals surface area contributed by atoms with Crippen molar-refractivity contribution in [1.82, 2.24) is 5.32 Å². The number of methoxy groups -OCH3 is 1. The summed E-state index contributed by atoms with van der Waals surface area (Å²) in [5.41, 5.74) is 7.29. The summed E-state index contributed by atoms with van der Waals surface area (Å²) < 4.78 is 4.91. The van der Waals surface area contributed by atoms with E-state index < -0.39 is 0 Å². The summed E-state index contributed by atoms with van der Waals surface area (Å²) in [6.07, 6.45) is 10.0. The van der Waals surface area contributed by atoms with Gasteiger partial charge in [-0.1, -0.05) is 18.1 Å². The van der Waals surface area contributed by atoms with E-state index in [1.165, 1.54) is 32.1 Å². The molecule has 1 rings (SSSR count). The quantitative estimate of drug-likeness (QED) is 0.322. The van der Waals surface area contributed by atoms with Gasteiger partial charge in [0.05, 0.1) is 13.2 Å². The molecule has 1 aliphatic carbocycles. The van der Waals surface area contributed by atoms with Crippen LogP contribution in [0.25, 0.3) is 0 Å². The number of rotatable bonds is 6. The minimum absolute atomic E-state index is 0.524. The van der Waals surface area contributed by atoms with E-state index in [-0.39, 0.29) is 0 Å². The van der Waals surface area contributed by atoms with E-state index in [0.717, 1.165) is 13.0 Å². The molecule has 0 bridgehead atoms. The number of hydrogen-bond acceptors (Lipinski definition) is 2. The van der Waals surface area contributed by atoms with E-state index in [4.69, 9.17) is 10.5 Å². The second kappa shape index (κ2) is 9.05. The Morgan fingerprint density at radius 3 is 3.18 bits per heavy atom. The second-order valence-corrected chi connectivity index (χ2v) is 4.40. The zero-order valence-corrected chi connectivity index (χ0v) is 10.9. The first-order valence-electron chi connectivity index (χ1n) is 6.53. The lowest BCUT2D eigenvalue weighted by Gasteiger charge is -2.07. The lowest BCUT2D eigenvalue weighted by atomic mass is 10.1. The fourth-order valence-corrected chi connectivity index (χ4v) is 1.97. The molecule has 3 N–H and O–H groups in total. The molecule has 17 heavy (non-hydrogen) atoms. The summed E-state index contributed by atoms with van der Waals surface area (Å²) in [5.74, 6) is 0.524. The van der Waals surface area contributed by atoms with Gasteiger partial charge in [-0.05, 0) is 32.1 Å². The van der Waals surface area contributed by atoms with Gasteiger partial charge in [-0.2, -0.15) is 0 Å². The van der Waals surface area contributed by atoms with Gasteiger partial charge in [-0.15, -0.1) is 0 Å². The number of ether oxygens (including phenoxy) is 1. The molecule has 0 aliphatic heterocycles. The normalized spacial score (nSPS) is 17.5. The third-order valence-electron chi connectivity index (χ3n) is 2.96. The molecule has 0 aromatic rings. The number of allylic oxidation sites excluding steroid dienone is 1. The Labute approximate surface area is 104 Å². The van der Waals surface area contributed by atoms with Crippen LogP contribution in [0, 0.1) is 0 Å². The Bertz CT molecular complexity index is 261. The van der Waals surface area contributed by atoms with Gasteiger partial charge in [0.15, 0.2) is 5.96 Å². The number of nitrogens with zero attached hydrogens (tertiary/aromatic N) is 1. The minimum Gasteiger partial charge on any atom is -0.383 e. The Morgan fingerprint density at radius 1 is 1.47 bits per heavy atom. The largest absolute Gasteiger partial charge is 0.383 e. The van der Waals surface area contributed by atoms with Gasteiger partial charge in [-0.25, -0.2) is 0 Å². The number of nitrogens with two attached hydrogens (primary N) is 1. The van der Waals surface area contributed by atoms with Gasteiger partial charge >= 0.3 is 0 Å². The van der Waals surface area contributed by atoms with Crippen molar-refractivity contribution in [3.05, 3.63) is 11.6 Å². The van der Waals surface area contributed by atoms with Crippen LogP contribution >= 0.6 is 0 Å². The van der Waals surface area contributed by atoms with Crippen molar-refractivity contribution in [2.45, 2.75) is 38.5 Å². The standard InChI is InChI=1S/C13H25N3O/c1-17-11-10-16-13(14)15-9-8-12-6-4-2-3-5-7-12/h6H,2-5,7-11H2,1H3,(H3,14,15,16). The Hall–Kier alpha value is -1.03. The van der Waals surface area contributed by atoms with E-state index in [1.54, 1.807) is 12.7 Å². The molecule has 0 aromatic carbocycles. The summed E-state index contributed by atoms with van der Waals surface area (Å²) in [7, 11) is 1.66. The average molecular weight is 239 g/mol. The first-order chi connectivity index (χ1) is 8.33. The molecule has 0 saturated heterocycles. The highest BCUT2D eigenvalue weighted by atomic mass is 16.5. The van der Waals surface area contributed by atoms with Crippen molar-refractivity contribution in [3.63, 3.8) is 0 Å². The molecule has 0 heterocycles. The summed E-state index contributed by atoms with van der Waals surface area (Å²) in [4.78, 5) is 4.15. The first-order valence-corrected chi connectivity index (χ1v) is 6.53. The summed E-state index contributed by atoms with van der Waals surface area (Å²) >= 11 is 0. The summed E-state index contributed by atoms with van der Waals surface area (Å²) in [5, 5.41) is 3.14. The highest BCUT2D eigenvalue weighted by Gasteiger charge is 2.02. The number of hydrogen-bond donors (Lipinski definition) is 2. The van der Waals surface area contributed by atoms with Crippen molar-refractivity contribution in [3.8, 4) is 0 Å². The topological polar surface area (TPSA) is 59.6 Å². The molecule has 98 valence electrons. The van der Waals surface area contributed by atoms with E-state index in [1.807, 2.05) is 0 Å². The molecule has 0 saturated carbocycles. The lowest BCUT2D eigenvalue weighted by molar-refractivity contribution is 0.208. The summed E-state index contributed by atoms with van der Waals surface area (Å²) in [6, 6.07) is 0. The minimum atomic E-state index is 0.524. The number of aliphatic imine (C=N–C) groups is 1. The molecule has 0 unspecified atom stereocenters. The average Bonchev–Trinajstić information content (AvgIpc) is 2.58. The molecule has 0 fully saturated rings. The molecular formula is C13H25N3O. The van der Waals surface area contributed by atoms with E-state index >= 15 is 0 Å². The maximum absolute atomic E-state index is 5.72. The van der Waals surface area contributed by atoms with Crippen LogP contribution in [-0.4, -0.2) is 32.8 Å². The van der Waals surface area contributed by atoms with E-state index in [2.05, 4.69) is 16.4 Å². The van der Waals surface area contributed by atoms with Crippen molar-refractivity contribution in [2.24, 2.45) is 10.7 Å². The predicted molar refractivity (Wildman–Crippen MR) is 72.2 cm³/mol. The van der Waals surface area contributed by atoms with Gasteiger partial charge in [0, 0.05) is 13.7 Å². The van der Waals surface area contributed by atoms with Crippen LogP contribution in [0.5, 0.6) is 0 Å². The van der Waals surface area contributed by atoms with Gasteiger partial charge in [0.25, 0.3) is 0 Å². The molecule has 0 radical (unpaired) electrons. The highest BCUT2D eigenvalue weighted by molar-refractivity contribution is 5.77. The molecule has 0 aromatic heterocycles. The van der Waals surface area contributed by atoms with Crippen LogP contribution < -0.4 is 11.1 Å². The maximum Gasteiger partial charge on any atom is 0.188 e. The predicted octanol–water partition coefficient (Wildman–Crippen LogP) is 1.82. The third-order valence-corrected chi connectivity index (χ3v) is 2.96. The van der Waals surface area contributed by atoms with Crippen LogP contribution in [0.15, 0.2) is 16.6 Å². The van der Waals surface area contributed by atoms with E-state index in [9.17, 15) is 0 Å². The van der Waals surface area contributed by atoms with Crippen molar-refractivity contribution in [1.29, 1.82) is 0 Å². The smallest absolute Gasteiger partial charge is 0.188 e. The molecule has 1 aliphatic rings. The monoisotopic (exact) mass is 239 g/mol. The van der Waals surface area contributed by atoms with Crippen LogP contribution in [0.1, 0.15) is 38.5 Å². The molecule has 0 amide bonds. The van der Waals surface area contributed by atoms with Crippen molar-refractivity contribution < 1.29 is 4.74 Å². The highest BCUT2D eigenvalue weighted by Crippen LogP contribution is 2.18. The number of guanidine groups is 1. The fourth-order valence-electron chi connectivity index (χ4n) is 1.97. The molecule has 4 heteroatoms. The van der Waals surface area contributed by atoms with Gasteiger partial charge < -0.3 is 15.8 Å².